The van der Waals surface area contributed by atoms with Crippen LogP contribution < -0.4 is 0 Å². The number of rotatable bonds is 0. The monoisotopic (exact) mass is 181 g/mol. The Morgan fingerprint density at radius 3 is 2.50 bits per heavy atom. The second kappa shape index (κ2) is 3.64. The van der Waals surface area contributed by atoms with Gasteiger partial charge < -0.3 is 4.90 Å². The SMILES string of the molecule is CN1CCCC[C@@H](C(F)(F)F)C1. The Morgan fingerprint density at radius 2 is 1.92 bits per heavy atom. The zero-order chi connectivity index (χ0) is 9.19. The Kier molecular flexibility index (Phi) is 2.99. The fourth-order valence-corrected chi connectivity index (χ4v) is 1.60. The summed E-state index contributed by atoms with van der Waals surface area (Å²) in [6.07, 6.45) is -2.11. The normalized spacial score (nSPS) is 28.5. The van der Waals surface area contributed by atoms with Crippen LogP contribution in [-0.2, 0) is 0 Å². The van der Waals surface area contributed by atoms with Crippen LogP contribution in [0.1, 0.15) is 19.3 Å². The maximum Gasteiger partial charge on any atom is 0.393 e. The lowest BCUT2D eigenvalue weighted by atomic mass is 10.0. The maximum atomic E-state index is 12.3. The molecule has 0 aromatic rings. The summed E-state index contributed by atoms with van der Waals surface area (Å²) >= 11 is 0. The lowest BCUT2D eigenvalue weighted by Crippen LogP contribution is -2.33. The molecule has 1 rings (SSSR count). The molecule has 12 heavy (non-hydrogen) atoms. The second-order valence-electron chi connectivity index (χ2n) is 3.50. The molecule has 72 valence electrons. The average Bonchev–Trinajstić information content (AvgIpc) is 2.11. The number of alkyl halides is 3. The fourth-order valence-electron chi connectivity index (χ4n) is 1.60. The third-order valence-corrected chi connectivity index (χ3v) is 2.34. The van der Waals surface area contributed by atoms with Gasteiger partial charge in [0.25, 0.3) is 0 Å². The van der Waals surface area contributed by atoms with Crippen molar-refractivity contribution >= 4 is 0 Å². The Morgan fingerprint density at radius 1 is 1.25 bits per heavy atom. The van der Waals surface area contributed by atoms with Crippen molar-refractivity contribution in [2.45, 2.75) is 25.4 Å². The van der Waals surface area contributed by atoms with E-state index in [9.17, 15) is 13.2 Å². The Hall–Kier alpha value is -0.250. The molecule has 0 unspecified atom stereocenters. The molecule has 0 radical (unpaired) electrons. The first kappa shape index (κ1) is 9.84. The van der Waals surface area contributed by atoms with E-state index < -0.39 is 12.1 Å². The van der Waals surface area contributed by atoms with E-state index in [4.69, 9.17) is 0 Å². The molecule has 1 aliphatic heterocycles. The molecule has 0 bridgehead atoms. The molecule has 1 heterocycles. The van der Waals surface area contributed by atoms with Crippen molar-refractivity contribution in [3.63, 3.8) is 0 Å². The van der Waals surface area contributed by atoms with E-state index in [0.717, 1.165) is 13.0 Å². The van der Waals surface area contributed by atoms with Gasteiger partial charge in [0.2, 0.25) is 0 Å². The maximum absolute atomic E-state index is 12.3. The van der Waals surface area contributed by atoms with E-state index in [1.165, 1.54) is 0 Å². The summed E-state index contributed by atoms with van der Waals surface area (Å²) in [6.45, 7) is 0.968. The van der Waals surface area contributed by atoms with Crippen LogP contribution >= 0.6 is 0 Å². The van der Waals surface area contributed by atoms with Crippen LogP contribution in [0.15, 0.2) is 0 Å². The second-order valence-corrected chi connectivity index (χ2v) is 3.50. The summed E-state index contributed by atoms with van der Waals surface area (Å²) in [4.78, 5) is 1.77. The molecule has 0 aromatic heterocycles. The number of halogens is 3. The minimum Gasteiger partial charge on any atom is -0.306 e. The molecule has 0 saturated carbocycles. The molecule has 1 atom stereocenters. The lowest BCUT2D eigenvalue weighted by molar-refractivity contribution is -0.178. The van der Waals surface area contributed by atoms with E-state index in [0.29, 0.717) is 12.8 Å². The van der Waals surface area contributed by atoms with Crippen molar-refractivity contribution in [1.82, 2.24) is 4.90 Å². The zero-order valence-electron chi connectivity index (χ0n) is 7.19. The topological polar surface area (TPSA) is 3.24 Å². The van der Waals surface area contributed by atoms with Crippen LogP contribution in [0.2, 0.25) is 0 Å². The van der Waals surface area contributed by atoms with Crippen molar-refractivity contribution in [3.8, 4) is 0 Å². The molecule has 1 fully saturated rings. The molecular weight excluding hydrogens is 167 g/mol. The van der Waals surface area contributed by atoms with E-state index >= 15 is 0 Å². The van der Waals surface area contributed by atoms with E-state index in [1.807, 2.05) is 0 Å². The van der Waals surface area contributed by atoms with Crippen LogP contribution in [0.5, 0.6) is 0 Å². The number of hydrogen-bond acceptors (Lipinski definition) is 1. The summed E-state index contributed by atoms with van der Waals surface area (Å²) < 4.78 is 36.8. The Balaban J connectivity index is 2.52. The highest BCUT2D eigenvalue weighted by atomic mass is 19.4. The van der Waals surface area contributed by atoms with Crippen LogP contribution in [0.3, 0.4) is 0 Å². The predicted octanol–water partition coefficient (Wildman–Crippen LogP) is 2.28. The lowest BCUT2D eigenvalue weighted by Gasteiger charge is -2.21. The van der Waals surface area contributed by atoms with Crippen LogP contribution in [0.4, 0.5) is 13.2 Å². The summed E-state index contributed by atoms with van der Waals surface area (Å²) in [5.74, 6) is -1.11. The van der Waals surface area contributed by atoms with Gasteiger partial charge in [-0.15, -0.1) is 0 Å². The highest BCUT2D eigenvalue weighted by Gasteiger charge is 2.40. The van der Waals surface area contributed by atoms with Gasteiger partial charge in [0.1, 0.15) is 0 Å². The van der Waals surface area contributed by atoms with E-state index in [1.54, 1.807) is 11.9 Å². The highest BCUT2D eigenvalue weighted by molar-refractivity contribution is 4.74. The van der Waals surface area contributed by atoms with Crippen molar-refractivity contribution in [1.29, 1.82) is 0 Å². The van der Waals surface area contributed by atoms with Gasteiger partial charge in [-0.1, -0.05) is 6.42 Å². The van der Waals surface area contributed by atoms with E-state index in [2.05, 4.69) is 0 Å². The van der Waals surface area contributed by atoms with Gasteiger partial charge in [-0.05, 0) is 26.4 Å². The molecule has 1 saturated heterocycles. The molecule has 0 amide bonds. The predicted molar refractivity (Wildman–Crippen MR) is 40.9 cm³/mol. The van der Waals surface area contributed by atoms with Crippen molar-refractivity contribution in [3.05, 3.63) is 0 Å². The number of hydrogen-bond donors (Lipinski definition) is 0. The van der Waals surface area contributed by atoms with Gasteiger partial charge in [-0.25, -0.2) is 0 Å². The van der Waals surface area contributed by atoms with Crippen LogP contribution in [-0.4, -0.2) is 31.2 Å². The molecule has 0 spiro atoms. The summed E-state index contributed by atoms with van der Waals surface area (Å²) in [5.41, 5.74) is 0. The van der Waals surface area contributed by atoms with Gasteiger partial charge in [0.15, 0.2) is 0 Å². The molecule has 1 nitrogen and oxygen atoms in total. The molecule has 0 aromatic carbocycles. The largest absolute Gasteiger partial charge is 0.393 e. The fraction of sp³-hybridized carbons (Fsp3) is 1.00. The summed E-state index contributed by atoms with van der Waals surface area (Å²) in [5, 5.41) is 0. The van der Waals surface area contributed by atoms with Gasteiger partial charge in [-0.3, -0.25) is 0 Å². The van der Waals surface area contributed by atoms with E-state index in [-0.39, 0.29) is 6.54 Å². The Bertz CT molecular complexity index is 144. The molecule has 0 N–H and O–H groups in total. The third kappa shape index (κ3) is 2.66. The number of nitrogens with zero attached hydrogens (tertiary/aromatic N) is 1. The van der Waals surface area contributed by atoms with Gasteiger partial charge in [0, 0.05) is 6.54 Å². The highest BCUT2D eigenvalue weighted by Crippen LogP contribution is 2.32. The minimum atomic E-state index is -4.00. The summed E-state index contributed by atoms with van der Waals surface area (Å²) in [7, 11) is 1.75. The Labute approximate surface area is 70.5 Å². The third-order valence-electron chi connectivity index (χ3n) is 2.34. The molecular formula is C8H14F3N. The van der Waals surface area contributed by atoms with Crippen LogP contribution in [0.25, 0.3) is 0 Å². The van der Waals surface area contributed by atoms with Gasteiger partial charge >= 0.3 is 6.18 Å². The molecule has 4 heteroatoms. The first-order valence-corrected chi connectivity index (χ1v) is 4.25. The molecule has 0 aliphatic carbocycles. The minimum absolute atomic E-state index is 0.170. The number of likely N-dealkylation sites (tertiary alicyclic amines) is 1. The first-order valence-electron chi connectivity index (χ1n) is 4.25. The standard InChI is InChI=1S/C8H14F3N/c1-12-5-3-2-4-7(6-12)8(9,10)11/h7H,2-6H2,1H3/t7-/m1/s1. The summed E-state index contributed by atoms with van der Waals surface area (Å²) in [6, 6.07) is 0. The van der Waals surface area contributed by atoms with Crippen molar-refractivity contribution in [2.75, 3.05) is 20.1 Å². The molecule has 1 aliphatic rings. The zero-order valence-corrected chi connectivity index (χ0v) is 7.19. The van der Waals surface area contributed by atoms with Crippen LogP contribution in [0, 0.1) is 5.92 Å². The van der Waals surface area contributed by atoms with Gasteiger partial charge in [-0.2, -0.15) is 13.2 Å². The first-order chi connectivity index (χ1) is 5.50. The van der Waals surface area contributed by atoms with Gasteiger partial charge in [0.05, 0.1) is 5.92 Å². The van der Waals surface area contributed by atoms with Crippen molar-refractivity contribution < 1.29 is 13.2 Å². The quantitative estimate of drug-likeness (QED) is 0.554. The van der Waals surface area contributed by atoms with Crippen molar-refractivity contribution in [2.24, 2.45) is 5.92 Å². The average molecular weight is 181 g/mol. The smallest absolute Gasteiger partial charge is 0.306 e.